The fraction of sp³-hybridized carbons (Fsp3) is 0.333. The highest BCUT2D eigenvalue weighted by atomic mass is 19.4. The number of rotatable bonds is 6. The number of halogens is 3. The maximum absolute atomic E-state index is 11.9. The summed E-state index contributed by atoms with van der Waals surface area (Å²) in [5.74, 6) is -1.16. The molecule has 0 saturated carbocycles. The lowest BCUT2D eigenvalue weighted by molar-refractivity contribution is -0.127. The van der Waals surface area contributed by atoms with Gasteiger partial charge in [-0.05, 0) is 18.2 Å². The zero-order valence-corrected chi connectivity index (χ0v) is 11.1. The van der Waals surface area contributed by atoms with E-state index >= 15 is 0 Å². The van der Waals surface area contributed by atoms with Gasteiger partial charge in [0.2, 0.25) is 11.8 Å². The van der Waals surface area contributed by atoms with E-state index in [4.69, 9.17) is 10.5 Å². The van der Waals surface area contributed by atoms with E-state index in [2.05, 4.69) is 5.32 Å². The minimum absolute atomic E-state index is 0.134. The smallest absolute Gasteiger partial charge is 0.401 e. The molecule has 1 aromatic rings. The van der Waals surface area contributed by atoms with Gasteiger partial charge in [-0.3, -0.25) is 9.59 Å². The third kappa shape index (κ3) is 5.69. The van der Waals surface area contributed by atoms with E-state index in [9.17, 15) is 22.8 Å². The fourth-order valence-electron chi connectivity index (χ4n) is 1.47. The summed E-state index contributed by atoms with van der Waals surface area (Å²) >= 11 is 0. The first kappa shape index (κ1) is 16.8. The lowest BCUT2D eigenvalue weighted by Crippen LogP contribution is -2.35. The van der Waals surface area contributed by atoms with Crippen LogP contribution in [-0.2, 0) is 4.79 Å². The molecule has 2 amide bonds. The normalized spacial score (nSPS) is 11.0. The van der Waals surface area contributed by atoms with Gasteiger partial charge in [0.25, 0.3) is 0 Å². The van der Waals surface area contributed by atoms with E-state index in [1.54, 1.807) is 0 Å². The van der Waals surface area contributed by atoms with Gasteiger partial charge in [0.1, 0.15) is 5.75 Å². The van der Waals surface area contributed by atoms with Gasteiger partial charge in [0, 0.05) is 5.56 Å². The molecular formula is C12H14F3N3O3. The van der Waals surface area contributed by atoms with Gasteiger partial charge in [-0.2, -0.15) is 13.2 Å². The van der Waals surface area contributed by atoms with Crippen molar-refractivity contribution < 1.29 is 27.5 Å². The second kappa shape index (κ2) is 6.93. The van der Waals surface area contributed by atoms with E-state index in [0.717, 1.165) is 0 Å². The first-order valence-electron chi connectivity index (χ1n) is 5.78. The molecule has 0 unspecified atom stereocenters. The van der Waals surface area contributed by atoms with Crippen LogP contribution >= 0.6 is 0 Å². The third-order valence-electron chi connectivity index (χ3n) is 2.37. The predicted molar refractivity (Wildman–Crippen MR) is 69.1 cm³/mol. The number of benzene rings is 1. The molecule has 0 heterocycles. The van der Waals surface area contributed by atoms with Crippen LogP contribution in [-0.4, -0.2) is 38.2 Å². The SMILES string of the molecule is COc1ccc(C(N)=O)cc1NC(=O)CNCC(F)(F)F. The highest BCUT2D eigenvalue weighted by molar-refractivity contribution is 5.98. The van der Waals surface area contributed by atoms with E-state index in [-0.39, 0.29) is 17.0 Å². The molecule has 116 valence electrons. The summed E-state index contributed by atoms with van der Waals surface area (Å²) in [6.45, 7) is -1.82. The summed E-state index contributed by atoms with van der Waals surface area (Å²) in [6, 6.07) is 4.10. The molecule has 9 heteroatoms. The number of primary amides is 1. The first-order valence-corrected chi connectivity index (χ1v) is 5.78. The molecule has 0 atom stereocenters. The molecule has 1 aromatic carbocycles. The van der Waals surface area contributed by atoms with E-state index in [1.165, 1.54) is 25.3 Å². The average Bonchev–Trinajstić information content (AvgIpc) is 2.36. The highest BCUT2D eigenvalue weighted by Gasteiger charge is 2.26. The maximum atomic E-state index is 11.9. The molecule has 0 aliphatic rings. The van der Waals surface area contributed by atoms with Crippen molar-refractivity contribution in [1.82, 2.24) is 5.32 Å². The van der Waals surface area contributed by atoms with E-state index < -0.39 is 31.1 Å². The van der Waals surface area contributed by atoms with Gasteiger partial charge in [-0.25, -0.2) is 0 Å². The number of nitrogens with one attached hydrogen (secondary N) is 2. The number of methoxy groups -OCH3 is 1. The summed E-state index contributed by atoms with van der Waals surface area (Å²) in [7, 11) is 1.34. The Bertz CT molecular complexity index is 532. The quantitative estimate of drug-likeness (QED) is 0.727. The van der Waals surface area contributed by atoms with Crippen molar-refractivity contribution in [3.63, 3.8) is 0 Å². The Balaban J connectivity index is 2.70. The van der Waals surface area contributed by atoms with Crippen molar-refractivity contribution in [3.8, 4) is 5.75 Å². The number of carbonyl (C=O) groups is 2. The maximum Gasteiger partial charge on any atom is 0.401 e. The van der Waals surface area contributed by atoms with Gasteiger partial charge >= 0.3 is 6.18 Å². The Hall–Kier alpha value is -2.29. The molecule has 0 aromatic heterocycles. The van der Waals surface area contributed by atoms with Gasteiger partial charge in [0.05, 0.1) is 25.9 Å². The number of hydrogen-bond acceptors (Lipinski definition) is 4. The molecule has 0 bridgehead atoms. The van der Waals surface area contributed by atoms with Gasteiger partial charge < -0.3 is 21.1 Å². The van der Waals surface area contributed by atoms with Crippen molar-refractivity contribution >= 4 is 17.5 Å². The van der Waals surface area contributed by atoms with Crippen molar-refractivity contribution in [2.75, 3.05) is 25.5 Å². The molecule has 0 saturated heterocycles. The Morgan fingerprint density at radius 2 is 2.00 bits per heavy atom. The van der Waals surface area contributed by atoms with Gasteiger partial charge in [-0.15, -0.1) is 0 Å². The topological polar surface area (TPSA) is 93.4 Å². The van der Waals surface area contributed by atoms with Crippen LogP contribution in [0.1, 0.15) is 10.4 Å². The van der Waals surface area contributed by atoms with Crippen LogP contribution in [0.3, 0.4) is 0 Å². The molecule has 6 nitrogen and oxygen atoms in total. The van der Waals surface area contributed by atoms with Gasteiger partial charge in [-0.1, -0.05) is 0 Å². The van der Waals surface area contributed by atoms with Gasteiger partial charge in [0.15, 0.2) is 0 Å². The molecular weight excluding hydrogens is 291 g/mol. The zero-order chi connectivity index (χ0) is 16.0. The van der Waals surface area contributed by atoms with Crippen molar-refractivity contribution in [2.24, 2.45) is 5.73 Å². The number of ether oxygens (including phenoxy) is 1. The number of anilines is 1. The lowest BCUT2D eigenvalue weighted by Gasteiger charge is -2.12. The first-order chi connectivity index (χ1) is 9.73. The summed E-state index contributed by atoms with van der Waals surface area (Å²) in [4.78, 5) is 22.6. The average molecular weight is 305 g/mol. The Kier molecular flexibility index (Phi) is 5.53. The number of amides is 2. The van der Waals surface area contributed by atoms with Crippen LogP contribution in [0, 0.1) is 0 Å². The molecule has 21 heavy (non-hydrogen) atoms. The Labute approximate surface area is 118 Å². The third-order valence-corrected chi connectivity index (χ3v) is 2.37. The van der Waals surface area contributed by atoms with Crippen molar-refractivity contribution in [2.45, 2.75) is 6.18 Å². The monoisotopic (exact) mass is 305 g/mol. The van der Waals surface area contributed by atoms with Crippen LogP contribution < -0.4 is 21.1 Å². The minimum atomic E-state index is -4.40. The Morgan fingerprint density at radius 1 is 1.33 bits per heavy atom. The van der Waals surface area contributed by atoms with Crippen molar-refractivity contribution in [3.05, 3.63) is 23.8 Å². The van der Waals surface area contributed by atoms with Crippen molar-refractivity contribution in [1.29, 1.82) is 0 Å². The second-order valence-electron chi connectivity index (χ2n) is 4.05. The largest absolute Gasteiger partial charge is 0.495 e. The van der Waals surface area contributed by atoms with Crippen LogP contribution in [0.4, 0.5) is 18.9 Å². The van der Waals surface area contributed by atoms with E-state index in [1.807, 2.05) is 5.32 Å². The second-order valence-corrected chi connectivity index (χ2v) is 4.05. The highest BCUT2D eigenvalue weighted by Crippen LogP contribution is 2.25. The van der Waals surface area contributed by atoms with Crippen LogP contribution in [0.5, 0.6) is 5.75 Å². The molecule has 0 fully saturated rings. The molecule has 4 N–H and O–H groups in total. The zero-order valence-electron chi connectivity index (χ0n) is 11.1. The standard InChI is InChI=1S/C12H14F3N3O3/c1-21-9-3-2-7(11(16)20)4-8(9)18-10(19)5-17-6-12(13,14)15/h2-4,17H,5-6H2,1H3,(H2,16,20)(H,18,19). The molecule has 1 rings (SSSR count). The summed E-state index contributed by atoms with van der Waals surface area (Å²) in [5, 5.41) is 4.29. The summed E-state index contributed by atoms with van der Waals surface area (Å²) in [5.41, 5.74) is 5.38. The van der Waals surface area contributed by atoms with E-state index in [0.29, 0.717) is 0 Å². The lowest BCUT2D eigenvalue weighted by atomic mass is 10.1. The predicted octanol–water partition coefficient (Wildman–Crippen LogP) is 0.884. The molecule has 0 spiro atoms. The summed E-state index contributed by atoms with van der Waals surface area (Å²) < 4.78 is 40.8. The molecule has 0 aliphatic carbocycles. The number of nitrogens with two attached hydrogens (primary N) is 1. The number of carbonyl (C=O) groups excluding carboxylic acids is 2. The number of hydrogen-bond donors (Lipinski definition) is 3. The van der Waals surface area contributed by atoms with Crippen LogP contribution in [0.25, 0.3) is 0 Å². The Morgan fingerprint density at radius 3 is 2.52 bits per heavy atom. The minimum Gasteiger partial charge on any atom is -0.495 e. The molecule has 0 aliphatic heterocycles. The van der Waals surface area contributed by atoms with Crippen LogP contribution in [0.2, 0.25) is 0 Å². The molecule has 0 radical (unpaired) electrons. The fourth-order valence-corrected chi connectivity index (χ4v) is 1.47. The number of alkyl halides is 3. The summed E-state index contributed by atoms with van der Waals surface area (Å²) in [6.07, 6.45) is -4.40. The van der Waals surface area contributed by atoms with Crippen LogP contribution in [0.15, 0.2) is 18.2 Å².